The van der Waals surface area contributed by atoms with Gasteiger partial charge in [0.05, 0.1) is 17.8 Å². The number of benzene rings is 1. The largest absolute Gasteiger partial charge is 0.376 e. The Morgan fingerprint density at radius 2 is 2.35 bits per heavy atom. The van der Waals surface area contributed by atoms with E-state index in [1.807, 2.05) is 29.9 Å². The van der Waals surface area contributed by atoms with Crippen molar-refractivity contribution in [1.29, 1.82) is 0 Å². The Hall–Kier alpha value is -1.88. The molecule has 1 atom stereocenters. The number of rotatable bonds is 3. The lowest BCUT2D eigenvalue weighted by Gasteiger charge is -2.12. The third-order valence-electron chi connectivity index (χ3n) is 2.65. The lowest BCUT2D eigenvalue weighted by molar-refractivity contribution is 0.870. The molecule has 3 rings (SSSR count). The summed E-state index contributed by atoms with van der Waals surface area (Å²) in [6.07, 6.45) is 3.66. The number of fused-ring (bicyclic) bond motifs is 1. The molecule has 0 amide bonds. The lowest BCUT2D eigenvalue weighted by atomic mass is 10.2. The van der Waals surface area contributed by atoms with Gasteiger partial charge in [-0.25, -0.2) is 4.98 Å². The number of hydrogen-bond donors (Lipinski definition) is 2. The van der Waals surface area contributed by atoms with Crippen LogP contribution in [-0.4, -0.2) is 15.2 Å². The maximum absolute atomic E-state index is 4.30. The first-order valence-electron chi connectivity index (χ1n) is 5.42. The monoisotopic (exact) mass is 244 g/mol. The van der Waals surface area contributed by atoms with Crippen LogP contribution in [0.1, 0.15) is 18.0 Å². The molecule has 0 aliphatic rings. The van der Waals surface area contributed by atoms with E-state index in [4.69, 9.17) is 0 Å². The van der Waals surface area contributed by atoms with Crippen LogP contribution < -0.4 is 5.32 Å². The van der Waals surface area contributed by atoms with Gasteiger partial charge in [-0.3, -0.25) is 5.10 Å². The molecule has 0 aliphatic carbocycles. The molecule has 1 unspecified atom stereocenters. The number of nitrogens with one attached hydrogen (secondary N) is 2. The van der Waals surface area contributed by atoms with Gasteiger partial charge < -0.3 is 5.32 Å². The van der Waals surface area contributed by atoms with Gasteiger partial charge in [0.15, 0.2) is 0 Å². The average molecular weight is 244 g/mol. The molecule has 0 aliphatic heterocycles. The van der Waals surface area contributed by atoms with E-state index >= 15 is 0 Å². The second-order valence-corrected chi connectivity index (χ2v) is 4.83. The molecule has 1 aromatic carbocycles. The van der Waals surface area contributed by atoms with E-state index in [1.54, 1.807) is 11.3 Å². The highest BCUT2D eigenvalue weighted by molar-refractivity contribution is 7.09. The summed E-state index contributed by atoms with van der Waals surface area (Å²) in [5, 5.41) is 14.6. The SMILES string of the molecule is CC(Nc1ccc2[nH]ncc2c1)c1nccs1. The predicted molar refractivity (Wildman–Crippen MR) is 70.2 cm³/mol. The number of thiazole rings is 1. The molecule has 2 N–H and O–H groups in total. The van der Waals surface area contributed by atoms with Crippen molar-refractivity contribution in [3.63, 3.8) is 0 Å². The zero-order valence-electron chi connectivity index (χ0n) is 9.34. The fourth-order valence-electron chi connectivity index (χ4n) is 1.79. The molecule has 4 nitrogen and oxygen atoms in total. The normalized spacial score (nSPS) is 12.8. The summed E-state index contributed by atoms with van der Waals surface area (Å²) in [6.45, 7) is 2.11. The topological polar surface area (TPSA) is 53.6 Å². The van der Waals surface area contributed by atoms with Crippen molar-refractivity contribution in [3.05, 3.63) is 41.0 Å². The van der Waals surface area contributed by atoms with Gasteiger partial charge in [0.2, 0.25) is 0 Å². The summed E-state index contributed by atoms with van der Waals surface area (Å²) in [4.78, 5) is 4.30. The van der Waals surface area contributed by atoms with Crippen LogP contribution in [0.25, 0.3) is 10.9 Å². The molecule has 0 saturated carbocycles. The van der Waals surface area contributed by atoms with E-state index in [0.717, 1.165) is 21.6 Å². The fraction of sp³-hybridized carbons (Fsp3) is 0.167. The van der Waals surface area contributed by atoms with Gasteiger partial charge in [0.25, 0.3) is 0 Å². The Morgan fingerprint density at radius 3 is 3.18 bits per heavy atom. The highest BCUT2D eigenvalue weighted by Gasteiger charge is 2.07. The summed E-state index contributed by atoms with van der Waals surface area (Å²) in [5.74, 6) is 0. The number of aromatic nitrogens is 3. The van der Waals surface area contributed by atoms with E-state index in [1.165, 1.54) is 0 Å². The molecule has 0 spiro atoms. The smallest absolute Gasteiger partial charge is 0.115 e. The van der Waals surface area contributed by atoms with Crippen molar-refractivity contribution in [1.82, 2.24) is 15.2 Å². The fourth-order valence-corrected chi connectivity index (χ4v) is 2.44. The zero-order valence-corrected chi connectivity index (χ0v) is 10.2. The molecule has 0 radical (unpaired) electrons. The maximum atomic E-state index is 4.30. The molecule has 86 valence electrons. The van der Waals surface area contributed by atoms with Crippen LogP contribution >= 0.6 is 11.3 Å². The standard InChI is InChI=1S/C12H12N4S/c1-8(12-13-4-5-17-12)15-10-2-3-11-9(6-10)7-14-16-11/h2-8,15H,1H3,(H,14,16). The third kappa shape index (κ3) is 2.01. The number of anilines is 1. The Kier molecular flexibility index (Phi) is 2.53. The van der Waals surface area contributed by atoms with E-state index < -0.39 is 0 Å². The van der Waals surface area contributed by atoms with E-state index in [9.17, 15) is 0 Å². The molecule has 17 heavy (non-hydrogen) atoms. The van der Waals surface area contributed by atoms with Crippen molar-refractivity contribution in [2.45, 2.75) is 13.0 Å². The lowest BCUT2D eigenvalue weighted by Crippen LogP contribution is -2.05. The van der Waals surface area contributed by atoms with E-state index in [2.05, 4.69) is 33.5 Å². The van der Waals surface area contributed by atoms with Crippen LogP contribution in [0.4, 0.5) is 5.69 Å². The Bertz CT molecular complexity index is 614. The van der Waals surface area contributed by atoms with Gasteiger partial charge in [0.1, 0.15) is 5.01 Å². The van der Waals surface area contributed by atoms with Gasteiger partial charge in [-0.05, 0) is 25.1 Å². The number of hydrogen-bond acceptors (Lipinski definition) is 4. The summed E-state index contributed by atoms with van der Waals surface area (Å²) in [5.41, 5.74) is 2.14. The van der Waals surface area contributed by atoms with Crippen LogP contribution in [0.5, 0.6) is 0 Å². The van der Waals surface area contributed by atoms with Gasteiger partial charge in [-0.1, -0.05) is 0 Å². The van der Waals surface area contributed by atoms with Crippen LogP contribution in [-0.2, 0) is 0 Å². The highest BCUT2D eigenvalue weighted by Crippen LogP contribution is 2.23. The zero-order chi connectivity index (χ0) is 11.7. The Balaban J connectivity index is 1.84. The first-order chi connectivity index (χ1) is 8.33. The predicted octanol–water partition coefficient (Wildman–Crippen LogP) is 3.19. The van der Waals surface area contributed by atoms with Crippen molar-refractivity contribution in [3.8, 4) is 0 Å². The highest BCUT2D eigenvalue weighted by atomic mass is 32.1. The quantitative estimate of drug-likeness (QED) is 0.744. The van der Waals surface area contributed by atoms with Crippen molar-refractivity contribution >= 4 is 27.9 Å². The molecule has 3 aromatic rings. The number of H-pyrrole nitrogens is 1. The summed E-state index contributed by atoms with van der Waals surface area (Å²) >= 11 is 1.66. The minimum Gasteiger partial charge on any atom is -0.376 e. The van der Waals surface area contributed by atoms with Crippen molar-refractivity contribution < 1.29 is 0 Å². The van der Waals surface area contributed by atoms with Crippen LogP contribution in [0.2, 0.25) is 0 Å². The molecular weight excluding hydrogens is 232 g/mol. The van der Waals surface area contributed by atoms with Gasteiger partial charge in [-0.15, -0.1) is 11.3 Å². The summed E-state index contributed by atoms with van der Waals surface area (Å²) in [6, 6.07) is 6.38. The molecule has 5 heteroatoms. The van der Waals surface area contributed by atoms with Crippen LogP contribution in [0, 0.1) is 0 Å². The van der Waals surface area contributed by atoms with Crippen LogP contribution in [0.15, 0.2) is 36.0 Å². The Labute approximate surface area is 103 Å². The minimum atomic E-state index is 0.222. The molecular formula is C12H12N4S. The second-order valence-electron chi connectivity index (χ2n) is 3.91. The minimum absolute atomic E-state index is 0.222. The number of nitrogens with zero attached hydrogens (tertiary/aromatic N) is 2. The third-order valence-corrected chi connectivity index (χ3v) is 3.60. The van der Waals surface area contributed by atoms with Crippen LogP contribution in [0.3, 0.4) is 0 Å². The molecule has 2 aromatic heterocycles. The molecule has 0 bridgehead atoms. The van der Waals surface area contributed by atoms with Crippen molar-refractivity contribution in [2.24, 2.45) is 0 Å². The average Bonchev–Trinajstić information content (AvgIpc) is 2.99. The molecule has 0 fully saturated rings. The van der Waals surface area contributed by atoms with Gasteiger partial charge in [-0.2, -0.15) is 5.10 Å². The maximum Gasteiger partial charge on any atom is 0.115 e. The van der Waals surface area contributed by atoms with E-state index in [-0.39, 0.29) is 6.04 Å². The first kappa shape index (κ1) is 10.3. The number of aromatic amines is 1. The van der Waals surface area contributed by atoms with Gasteiger partial charge >= 0.3 is 0 Å². The van der Waals surface area contributed by atoms with E-state index in [0.29, 0.717) is 0 Å². The second kappa shape index (κ2) is 4.18. The Morgan fingerprint density at radius 1 is 1.41 bits per heavy atom. The van der Waals surface area contributed by atoms with Gasteiger partial charge in [0, 0.05) is 22.7 Å². The first-order valence-corrected chi connectivity index (χ1v) is 6.30. The molecule has 0 saturated heterocycles. The van der Waals surface area contributed by atoms with Crippen molar-refractivity contribution in [2.75, 3.05) is 5.32 Å². The summed E-state index contributed by atoms with van der Waals surface area (Å²) < 4.78 is 0. The molecule has 2 heterocycles. The summed E-state index contributed by atoms with van der Waals surface area (Å²) in [7, 11) is 0.